The third-order valence-electron chi connectivity index (χ3n) is 8.16. The number of anilines is 2. The molecule has 1 saturated carbocycles. The van der Waals surface area contributed by atoms with Gasteiger partial charge in [0.05, 0.1) is 11.2 Å². The minimum absolute atomic E-state index is 0.00237. The third kappa shape index (κ3) is 4.43. The number of nitrogens with zero attached hydrogens (tertiary/aromatic N) is 7. The van der Waals surface area contributed by atoms with E-state index in [-0.39, 0.29) is 23.1 Å². The van der Waals surface area contributed by atoms with Crippen molar-refractivity contribution in [2.45, 2.75) is 44.1 Å². The van der Waals surface area contributed by atoms with Gasteiger partial charge in [-0.3, -0.25) is 4.79 Å². The van der Waals surface area contributed by atoms with E-state index >= 15 is 4.39 Å². The van der Waals surface area contributed by atoms with Crippen LogP contribution in [0.3, 0.4) is 0 Å². The first-order chi connectivity index (χ1) is 19.9. The van der Waals surface area contributed by atoms with Gasteiger partial charge in [0.25, 0.3) is 0 Å². The largest absolute Gasteiger partial charge is 0.457 e. The zero-order valence-electron chi connectivity index (χ0n) is 22.4. The molecular weight excluding hydrogens is 523 g/mol. The summed E-state index contributed by atoms with van der Waals surface area (Å²) in [5, 5.41) is 7.20. The molecule has 41 heavy (non-hydrogen) atoms. The number of hydrogen-bond donors (Lipinski definition) is 1. The maximum absolute atomic E-state index is 15.6. The lowest BCUT2D eigenvalue weighted by Gasteiger charge is -2.39. The van der Waals surface area contributed by atoms with Crippen LogP contribution < -0.4 is 10.1 Å². The molecular formula is C30H27FN8O2. The molecule has 2 aliphatic rings. The number of benzene rings is 1. The summed E-state index contributed by atoms with van der Waals surface area (Å²) in [6, 6.07) is 10.7. The molecule has 1 atom stereocenters. The highest BCUT2D eigenvalue weighted by Crippen LogP contribution is 2.52. The Morgan fingerprint density at radius 1 is 1.17 bits per heavy atom. The van der Waals surface area contributed by atoms with Crippen molar-refractivity contribution in [1.29, 1.82) is 0 Å². The number of carbonyl (C=O) groups is 1. The van der Waals surface area contributed by atoms with Gasteiger partial charge >= 0.3 is 0 Å². The zero-order valence-corrected chi connectivity index (χ0v) is 22.4. The number of piperidine rings is 1. The predicted molar refractivity (Wildman–Crippen MR) is 151 cm³/mol. The quantitative estimate of drug-likeness (QED) is 0.277. The lowest BCUT2D eigenvalue weighted by Crippen LogP contribution is -2.46. The number of hydrogen-bond acceptors (Lipinski definition) is 8. The van der Waals surface area contributed by atoms with Gasteiger partial charge in [0.15, 0.2) is 17.3 Å². The molecule has 1 aliphatic carbocycles. The van der Waals surface area contributed by atoms with Crippen LogP contribution in [0, 0.1) is 12.7 Å². The molecule has 11 heteroatoms. The van der Waals surface area contributed by atoms with Gasteiger partial charge in [-0.2, -0.15) is 5.10 Å². The predicted octanol–water partition coefficient (Wildman–Crippen LogP) is 5.48. The fraction of sp³-hybridized carbons (Fsp3) is 0.267. The maximum Gasteiger partial charge on any atom is 0.246 e. The Morgan fingerprint density at radius 3 is 2.88 bits per heavy atom. The molecule has 1 saturated heterocycles. The highest BCUT2D eigenvalue weighted by Gasteiger charge is 2.53. The number of ether oxygens (including phenoxy) is 1. The number of pyridine rings is 2. The summed E-state index contributed by atoms with van der Waals surface area (Å²) >= 11 is 0. The topological polar surface area (TPSA) is 110 Å². The zero-order chi connectivity index (χ0) is 28.1. The summed E-state index contributed by atoms with van der Waals surface area (Å²) < 4.78 is 23.2. The second-order valence-electron chi connectivity index (χ2n) is 10.6. The Hall–Kier alpha value is -4.93. The molecule has 1 N–H and O–H groups in total. The van der Waals surface area contributed by atoms with Crippen molar-refractivity contribution >= 4 is 34.1 Å². The Balaban J connectivity index is 1.15. The standard InChI is InChI=1S/C30H27FN8O2/c1-3-26(40)38-12-8-19(15-30(38)10-11-30)21-4-5-23-28(36-21)29(34-16-32-23)37-22-6-7-24(18(2)27(22)31)41-20-9-13-39-25(14-20)33-17-35-39/h3-7,9,13-14,16-17,19H,1,8,10-12,15H2,2H3,(H,32,34,37). The minimum atomic E-state index is -0.455. The van der Waals surface area contributed by atoms with Crippen LogP contribution in [0.1, 0.15) is 42.9 Å². The highest BCUT2D eigenvalue weighted by molar-refractivity contribution is 5.88. The van der Waals surface area contributed by atoms with E-state index in [1.807, 2.05) is 17.0 Å². The van der Waals surface area contributed by atoms with E-state index in [4.69, 9.17) is 9.72 Å². The molecule has 0 radical (unpaired) electrons. The monoisotopic (exact) mass is 550 g/mol. The van der Waals surface area contributed by atoms with Crippen molar-refractivity contribution in [2.24, 2.45) is 0 Å². The SMILES string of the molecule is C=CC(=O)N1CCC(c2ccc3ncnc(Nc4ccc(Oc5ccn6ncnc6c5)c(C)c4F)c3n2)CC12CC2. The third-order valence-corrected chi connectivity index (χ3v) is 8.16. The summed E-state index contributed by atoms with van der Waals surface area (Å²) in [7, 11) is 0. The minimum Gasteiger partial charge on any atom is -0.457 e. The normalized spacial score (nSPS) is 17.6. The number of halogens is 1. The van der Waals surface area contributed by atoms with Crippen LogP contribution in [0.5, 0.6) is 11.5 Å². The highest BCUT2D eigenvalue weighted by atomic mass is 19.1. The van der Waals surface area contributed by atoms with Crippen LogP contribution in [0.2, 0.25) is 0 Å². The van der Waals surface area contributed by atoms with E-state index in [1.165, 1.54) is 18.7 Å². The fourth-order valence-electron chi connectivity index (χ4n) is 5.78. The van der Waals surface area contributed by atoms with Gasteiger partial charge in [0.2, 0.25) is 5.91 Å². The molecule has 2 fully saturated rings. The number of likely N-dealkylation sites (tertiary alicyclic amines) is 1. The lowest BCUT2D eigenvalue weighted by molar-refractivity contribution is -0.130. The fourth-order valence-corrected chi connectivity index (χ4v) is 5.78. The van der Waals surface area contributed by atoms with Gasteiger partial charge in [0, 0.05) is 41.5 Å². The van der Waals surface area contributed by atoms with Crippen LogP contribution >= 0.6 is 0 Å². The maximum atomic E-state index is 15.6. The Kier molecular flexibility index (Phi) is 5.88. The van der Waals surface area contributed by atoms with Crippen molar-refractivity contribution in [3.8, 4) is 11.5 Å². The van der Waals surface area contributed by atoms with Gasteiger partial charge in [-0.25, -0.2) is 28.8 Å². The van der Waals surface area contributed by atoms with E-state index in [1.54, 1.807) is 41.9 Å². The number of aromatic nitrogens is 6. The number of rotatable bonds is 6. The Labute approximate surface area is 234 Å². The lowest BCUT2D eigenvalue weighted by atomic mass is 9.86. The van der Waals surface area contributed by atoms with E-state index in [0.717, 1.165) is 31.4 Å². The molecule has 1 spiro atoms. The first-order valence-corrected chi connectivity index (χ1v) is 13.5. The number of carbonyl (C=O) groups excluding carboxylic acids is 1. The van der Waals surface area contributed by atoms with Gasteiger partial charge in [-0.05, 0) is 69.0 Å². The molecule has 1 unspecified atom stereocenters. The molecule has 5 heterocycles. The van der Waals surface area contributed by atoms with Crippen molar-refractivity contribution in [3.05, 3.63) is 85.0 Å². The molecule has 1 amide bonds. The molecule has 1 aliphatic heterocycles. The number of fused-ring (bicyclic) bond motifs is 2. The van der Waals surface area contributed by atoms with E-state index in [9.17, 15) is 4.79 Å². The summed E-state index contributed by atoms with van der Waals surface area (Å²) in [4.78, 5) is 32.2. The van der Waals surface area contributed by atoms with Gasteiger partial charge in [0.1, 0.15) is 29.7 Å². The van der Waals surface area contributed by atoms with Gasteiger partial charge < -0.3 is 15.0 Å². The Morgan fingerprint density at radius 2 is 2.05 bits per heavy atom. The smallest absolute Gasteiger partial charge is 0.246 e. The molecule has 4 aromatic heterocycles. The first-order valence-electron chi connectivity index (χ1n) is 13.5. The molecule has 0 bridgehead atoms. The van der Waals surface area contributed by atoms with Crippen LogP contribution in [-0.4, -0.2) is 52.4 Å². The number of amides is 1. The molecule has 7 rings (SSSR count). The van der Waals surface area contributed by atoms with Crippen molar-refractivity contribution < 1.29 is 13.9 Å². The summed E-state index contributed by atoms with van der Waals surface area (Å²) in [6.07, 6.45) is 9.71. The molecule has 1 aromatic carbocycles. The molecule has 10 nitrogen and oxygen atoms in total. The van der Waals surface area contributed by atoms with Crippen LogP contribution in [0.15, 0.2) is 67.9 Å². The van der Waals surface area contributed by atoms with E-state index in [2.05, 4.69) is 31.9 Å². The van der Waals surface area contributed by atoms with E-state index in [0.29, 0.717) is 46.1 Å². The molecule has 5 aromatic rings. The average Bonchev–Trinajstić information content (AvgIpc) is 3.59. The van der Waals surface area contributed by atoms with Crippen LogP contribution in [0.25, 0.3) is 16.7 Å². The van der Waals surface area contributed by atoms with Gasteiger partial charge in [-0.1, -0.05) is 6.58 Å². The Bertz CT molecular complexity index is 1830. The number of nitrogens with one attached hydrogen (secondary N) is 1. The average molecular weight is 551 g/mol. The molecule has 206 valence electrons. The van der Waals surface area contributed by atoms with Gasteiger partial charge in [-0.15, -0.1) is 0 Å². The van der Waals surface area contributed by atoms with Crippen molar-refractivity contribution in [2.75, 3.05) is 11.9 Å². The van der Waals surface area contributed by atoms with Crippen LogP contribution in [0.4, 0.5) is 15.9 Å². The first kappa shape index (κ1) is 25.1. The van der Waals surface area contributed by atoms with Crippen LogP contribution in [-0.2, 0) is 4.79 Å². The van der Waals surface area contributed by atoms with Crippen molar-refractivity contribution in [1.82, 2.24) is 34.4 Å². The van der Waals surface area contributed by atoms with Crippen molar-refractivity contribution in [3.63, 3.8) is 0 Å². The second kappa shape index (κ2) is 9.61. The summed E-state index contributed by atoms with van der Waals surface area (Å²) in [5.41, 5.74) is 3.29. The second-order valence-corrected chi connectivity index (χ2v) is 10.6. The summed E-state index contributed by atoms with van der Waals surface area (Å²) in [6.45, 7) is 6.01. The summed E-state index contributed by atoms with van der Waals surface area (Å²) in [5.74, 6) is 1.08. The van der Waals surface area contributed by atoms with E-state index < -0.39 is 5.82 Å².